The standard InChI is InChI=1S/C15H20BrN3O/c1-4-13-15(16)14(19(3)18-13)10-17-11-6-8-12(9-7-11)20-5-2/h6-9,17H,4-5,10H2,1-3H3. The Kier molecular flexibility index (Phi) is 5.06. The summed E-state index contributed by atoms with van der Waals surface area (Å²) < 4.78 is 8.45. The number of benzene rings is 1. The first-order valence-electron chi connectivity index (χ1n) is 6.82. The van der Waals surface area contributed by atoms with Crippen LogP contribution in [0.25, 0.3) is 0 Å². The van der Waals surface area contributed by atoms with Gasteiger partial charge in [-0.05, 0) is 53.5 Å². The van der Waals surface area contributed by atoms with Crippen LogP contribution in [0.2, 0.25) is 0 Å². The fraction of sp³-hybridized carbons (Fsp3) is 0.400. The van der Waals surface area contributed by atoms with Gasteiger partial charge in [0.25, 0.3) is 0 Å². The molecule has 5 heteroatoms. The summed E-state index contributed by atoms with van der Waals surface area (Å²) in [4.78, 5) is 0. The number of nitrogens with one attached hydrogen (secondary N) is 1. The lowest BCUT2D eigenvalue weighted by Gasteiger charge is -2.09. The number of ether oxygens (including phenoxy) is 1. The summed E-state index contributed by atoms with van der Waals surface area (Å²) >= 11 is 3.62. The van der Waals surface area contributed by atoms with Crippen LogP contribution < -0.4 is 10.1 Å². The molecule has 0 spiro atoms. The van der Waals surface area contributed by atoms with E-state index < -0.39 is 0 Å². The van der Waals surface area contributed by atoms with Gasteiger partial charge in [-0.1, -0.05) is 6.92 Å². The van der Waals surface area contributed by atoms with Gasteiger partial charge in [0.1, 0.15) is 5.75 Å². The van der Waals surface area contributed by atoms with Crippen LogP contribution in [0.15, 0.2) is 28.7 Å². The minimum absolute atomic E-state index is 0.689. The molecular weight excluding hydrogens is 318 g/mol. The zero-order valence-corrected chi connectivity index (χ0v) is 13.7. The fourth-order valence-electron chi connectivity index (χ4n) is 2.03. The first-order chi connectivity index (χ1) is 9.65. The molecule has 2 aromatic rings. The van der Waals surface area contributed by atoms with Crippen LogP contribution in [0.3, 0.4) is 0 Å². The number of hydrogen-bond acceptors (Lipinski definition) is 3. The number of halogens is 1. The van der Waals surface area contributed by atoms with E-state index in [0.717, 1.165) is 40.3 Å². The van der Waals surface area contributed by atoms with Crippen molar-refractivity contribution in [3.63, 3.8) is 0 Å². The van der Waals surface area contributed by atoms with Crippen molar-refractivity contribution < 1.29 is 4.74 Å². The largest absolute Gasteiger partial charge is 0.494 e. The van der Waals surface area contributed by atoms with E-state index in [1.165, 1.54) is 0 Å². The Labute approximate surface area is 128 Å². The molecule has 0 saturated heterocycles. The molecule has 0 unspecified atom stereocenters. The number of anilines is 1. The SMILES string of the molecule is CCOc1ccc(NCc2c(Br)c(CC)nn2C)cc1. The van der Waals surface area contributed by atoms with E-state index in [4.69, 9.17) is 4.74 Å². The molecule has 108 valence electrons. The zero-order valence-electron chi connectivity index (χ0n) is 12.1. The van der Waals surface area contributed by atoms with Crippen molar-refractivity contribution in [3.8, 4) is 5.75 Å². The van der Waals surface area contributed by atoms with Crippen LogP contribution in [0.5, 0.6) is 5.75 Å². The monoisotopic (exact) mass is 337 g/mol. The summed E-state index contributed by atoms with van der Waals surface area (Å²) in [6.45, 7) is 5.51. The summed E-state index contributed by atoms with van der Waals surface area (Å²) in [6, 6.07) is 8.00. The molecular formula is C15H20BrN3O. The van der Waals surface area contributed by atoms with Gasteiger partial charge in [-0.2, -0.15) is 5.10 Å². The topological polar surface area (TPSA) is 39.1 Å². The number of aryl methyl sites for hydroxylation is 2. The zero-order chi connectivity index (χ0) is 14.5. The molecule has 0 atom stereocenters. The van der Waals surface area contributed by atoms with Crippen molar-refractivity contribution in [1.29, 1.82) is 0 Å². The maximum atomic E-state index is 5.43. The van der Waals surface area contributed by atoms with Crippen molar-refractivity contribution in [3.05, 3.63) is 40.1 Å². The number of nitrogens with zero attached hydrogens (tertiary/aromatic N) is 2. The Hall–Kier alpha value is -1.49. The third-order valence-electron chi connectivity index (χ3n) is 3.13. The lowest BCUT2D eigenvalue weighted by molar-refractivity contribution is 0.340. The van der Waals surface area contributed by atoms with Gasteiger partial charge < -0.3 is 10.1 Å². The first-order valence-corrected chi connectivity index (χ1v) is 7.62. The Morgan fingerprint density at radius 3 is 2.50 bits per heavy atom. The molecule has 0 aliphatic carbocycles. The quantitative estimate of drug-likeness (QED) is 0.872. The van der Waals surface area contributed by atoms with Crippen LogP contribution in [0.4, 0.5) is 5.69 Å². The molecule has 0 saturated carbocycles. The van der Waals surface area contributed by atoms with E-state index in [1.54, 1.807) is 0 Å². The highest BCUT2D eigenvalue weighted by atomic mass is 79.9. The molecule has 2 rings (SSSR count). The molecule has 20 heavy (non-hydrogen) atoms. The van der Waals surface area contributed by atoms with Gasteiger partial charge in [-0.25, -0.2) is 0 Å². The number of hydrogen-bond donors (Lipinski definition) is 1. The van der Waals surface area contributed by atoms with E-state index in [9.17, 15) is 0 Å². The van der Waals surface area contributed by atoms with Crippen molar-refractivity contribution in [2.45, 2.75) is 26.8 Å². The number of rotatable bonds is 6. The van der Waals surface area contributed by atoms with Gasteiger partial charge in [0.05, 0.1) is 29.0 Å². The molecule has 0 radical (unpaired) electrons. The predicted octanol–water partition coefficient (Wildman–Crippen LogP) is 3.76. The number of aromatic nitrogens is 2. The van der Waals surface area contributed by atoms with Crippen molar-refractivity contribution in [2.24, 2.45) is 7.05 Å². The van der Waals surface area contributed by atoms with Crippen LogP contribution in [-0.2, 0) is 20.0 Å². The average molecular weight is 338 g/mol. The fourth-order valence-corrected chi connectivity index (χ4v) is 2.79. The summed E-state index contributed by atoms with van der Waals surface area (Å²) in [5.74, 6) is 0.896. The summed E-state index contributed by atoms with van der Waals surface area (Å²) in [5.41, 5.74) is 3.31. The van der Waals surface area contributed by atoms with Crippen LogP contribution in [-0.4, -0.2) is 16.4 Å². The second-order valence-corrected chi connectivity index (χ2v) is 5.29. The second-order valence-electron chi connectivity index (χ2n) is 4.50. The molecule has 0 aliphatic heterocycles. The molecule has 0 aliphatic rings. The minimum atomic E-state index is 0.689. The molecule has 1 heterocycles. The lowest BCUT2D eigenvalue weighted by Crippen LogP contribution is -2.06. The molecule has 1 aromatic carbocycles. The van der Waals surface area contributed by atoms with Gasteiger partial charge in [-0.3, -0.25) is 4.68 Å². The van der Waals surface area contributed by atoms with Gasteiger partial charge in [-0.15, -0.1) is 0 Å². The van der Waals surface area contributed by atoms with Gasteiger partial charge in [0.15, 0.2) is 0 Å². The highest BCUT2D eigenvalue weighted by Gasteiger charge is 2.11. The molecule has 0 fully saturated rings. The van der Waals surface area contributed by atoms with E-state index in [-0.39, 0.29) is 0 Å². The predicted molar refractivity (Wildman–Crippen MR) is 85.2 cm³/mol. The molecule has 4 nitrogen and oxygen atoms in total. The van der Waals surface area contributed by atoms with E-state index >= 15 is 0 Å². The van der Waals surface area contributed by atoms with Crippen molar-refractivity contribution >= 4 is 21.6 Å². The summed E-state index contributed by atoms with van der Waals surface area (Å²) in [6.07, 6.45) is 0.928. The Balaban J connectivity index is 2.03. The van der Waals surface area contributed by atoms with Crippen LogP contribution >= 0.6 is 15.9 Å². The van der Waals surface area contributed by atoms with Gasteiger partial charge >= 0.3 is 0 Å². The van der Waals surface area contributed by atoms with Crippen LogP contribution in [0.1, 0.15) is 25.2 Å². The molecule has 1 N–H and O–H groups in total. The first kappa shape index (κ1) is 14.9. The van der Waals surface area contributed by atoms with E-state index in [0.29, 0.717) is 6.61 Å². The van der Waals surface area contributed by atoms with E-state index in [2.05, 4.69) is 33.3 Å². The minimum Gasteiger partial charge on any atom is -0.494 e. The highest BCUT2D eigenvalue weighted by molar-refractivity contribution is 9.10. The Morgan fingerprint density at radius 2 is 1.95 bits per heavy atom. The lowest BCUT2D eigenvalue weighted by atomic mass is 10.2. The Morgan fingerprint density at radius 1 is 1.25 bits per heavy atom. The molecule has 1 aromatic heterocycles. The maximum absolute atomic E-state index is 5.43. The van der Waals surface area contributed by atoms with E-state index in [1.807, 2.05) is 42.9 Å². The molecule has 0 bridgehead atoms. The van der Waals surface area contributed by atoms with Gasteiger partial charge in [0.2, 0.25) is 0 Å². The smallest absolute Gasteiger partial charge is 0.119 e. The molecule has 0 amide bonds. The summed E-state index contributed by atoms with van der Waals surface area (Å²) in [5, 5.41) is 7.89. The van der Waals surface area contributed by atoms with Crippen LogP contribution in [0, 0.1) is 0 Å². The normalized spacial score (nSPS) is 10.6. The van der Waals surface area contributed by atoms with Gasteiger partial charge in [0, 0.05) is 12.7 Å². The van der Waals surface area contributed by atoms with Crippen molar-refractivity contribution in [2.75, 3.05) is 11.9 Å². The summed E-state index contributed by atoms with van der Waals surface area (Å²) in [7, 11) is 1.97. The third-order valence-corrected chi connectivity index (χ3v) is 4.04. The van der Waals surface area contributed by atoms with Crippen molar-refractivity contribution in [1.82, 2.24) is 9.78 Å². The highest BCUT2D eigenvalue weighted by Crippen LogP contribution is 2.23. The maximum Gasteiger partial charge on any atom is 0.119 e. The second kappa shape index (κ2) is 6.79. The average Bonchev–Trinajstić information content (AvgIpc) is 2.73. The third kappa shape index (κ3) is 3.33. The Bertz CT molecular complexity index is 563.